The Morgan fingerprint density at radius 2 is 2.00 bits per heavy atom. The van der Waals surface area contributed by atoms with Gasteiger partial charge in [0.05, 0.1) is 5.69 Å². The summed E-state index contributed by atoms with van der Waals surface area (Å²) in [6.45, 7) is 1.56. The molecule has 0 atom stereocenters. The fourth-order valence-electron chi connectivity index (χ4n) is 1.26. The van der Waals surface area contributed by atoms with Gasteiger partial charge in [-0.25, -0.2) is 8.78 Å². The lowest BCUT2D eigenvalue weighted by Gasteiger charge is -2.11. The van der Waals surface area contributed by atoms with Crippen molar-refractivity contribution in [2.24, 2.45) is 0 Å². The van der Waals surface area contributed by atoms with E-state index in [1.165, 1.54) is 12.1 Å². The van der Waals surface area contributed by atoms with Crippen LogP contribution in [0.25, 0.3) is 0 Å². The minimum atomic E-state index is -0.812. The standard InChI is InChI=1S/C11H16F2N2/c1-15(2)8-4-7-14-10-6-3-5-9(12)11(10)13/h3,5-6,14H,4,7-8H2,1-2H3. The minimum absolute atomic E-state index is 0.230. The Bertz CT molecular complexity index is 313. The summed E-state index contributed by atoms with van der Waals surface area (Å²) in [4.78, 5) is 2.05. The van der Waals surface area contributed by atoms with Gasteiger partial charge in [0.2, 0.25) is 0 Å². The Hall–Kier alpha value is -1.16. The highest BCUT2D eigenvalue weighted by molar-refractivity contribution is 5.44. The van der Waals surface area contributed by atoms with E-state index in [-0.39, 0.29) is 5.69 Å². The zero-order valence-corrected chi connectivity index (χ0v) is 9.06. The number of rotatable bonds is 5. The second kappa shape index (κ2) is 5.66. The Morgan fingerprint density at radius 3 is 2.67 bits per heavy atom. The first-order chi connectivity index (χ1) is 7.11. The van der Waals surface area contributed by atoms with Crippen LogP contribution in [0.5, 0.6) is 0 Å². The number of nitrogens with one attached hydrogen (secondary N) is 1. The summed E-state index contributed by atoms with van der Waals surface area (Å²) in [7, 11) is 3.95. The average Bonchev–Trinajstić information content (AvgIpc) is 2.18. The lowest BCUT2D eigenvalue weighted by molar-refractivity contribution is 0.405. The van der Waals surface area contributed by atoms with E-state index in [4.69, 9.17) is 0 Å². The van der Waals surface area contributed by atoms with Gasteiger partial charge in [0.25, 0.3) is 0 Å². The molecule has 84 valence electrons. The van der Waals surface area contributed by atoms with Crippen LogP contribution in [0, 0.1) is 11.6 Å². The van der Waals surface area contributed by atoms with Crippen molar-refractivity contribution >= 4 is 5.69 Å². The summed E-state index contributed by atoms with van der Waals surface area (Å²) in [5.74, 6) is -1.62. The number of hydrogen-bond acceptors (Lipinski definition) is 2. The van der Waals surface area contributed by atoms with Crippen LogP contribution in [-0.4, -0.2) is 32.1 Å². The quantitative estimate of drug-likeness (QED) is 0.757. The SMILES string of the molecule is CN(C)CCCNc1cccc(F)c1F. The molecular formula is C11H16F2N2. The van der Waals surface area contributed by atoms with Crippen molar-refractivity contribution in [3.63, 3.8) is 0 Å². The van der Waals surface area contributed by atoms with Gasteiger partial charge >= 0.3 is 0 Å². The summed E-state index contributed by atoms with van der Waals surface area (Å²) in [6.07, 6.45) is 0.892. The summed E-state index contributed by atoms with van der Waals surface area (Å²) < 4.78 is 25.9. The molecular weight excluding hydrogens is 198 g/mol. The highest BCUT2D eigenvalue weighted by Crippen LogP contribution is 2.16. The molecule has 0 saturated carbocycles. The minimum Gasteiger partial charge on any atom is -0.383 e. The van der Waals surface area contributed by atoms with Gasteiger partial charge in [0, 0.05) is 6.54 Å². The van der Waals surface area contributed by atoms with Crippen molar-refractivity contribution in [2.75, 3.05) is 32.5 Å². The molecule has 0 spiro atoms. The van der Waals surface area contributed by atoms with E-state index in [1.807, 2.05) is 19.0 Å². The summed E-state index contributed by atoms with van der Waals surface area (Å²) >= 11 is 0. The molecule has 0 heterocycles. The Balaban J connectivity index is 2.41. The first-order valence-electron chi connectivity index (χ1n) is 4.94. The molecule has 2 nitrogen and oxygen atoms in total. The van der Waals surface area contributed by atoms with Crippen molar-refractivity contribution in [1.29, 1.82) is 0 Å². The first kappa shape index (κ1) is 11.9. The van der Waals surface area contributed by atoms with E-state index in [2.05, 4.69) is 5.32 Å². The molecule has 1 aromatic carbocycles. The highest BCUT2D eigenvalue weighted by Gasteiger charge is 2.05. The number of halogens is 2. The van der Waals surface area contributed by atoms with Crippen molar-refractivity contribution in [3.05, 3.63) is 29.8 Å². The maximum Gasteiger partial charge on any atom is 0.181 e. The molecule has 0 aliphatic rings. The van der Waals surface area contributed by atoms with E-state index >= 15 is 0 Å². The largest absolute Gasteiger partial charge is 0.383 e. The monoisotopic (exact) mass is 214 g/mol. The van der Waals surface area contributed by atoms with Crippen LogP contribution in [0.15, 0.2) is 18.2 Å². The molecule has 1 rings (SSSR count). The third-order valence-electron chi connectivity index (χ3n) is 2.05. The lowest BCUT2D eigenvalue weighted by atomic mass is 10.3. The zero-order valence-electron chi connectivity index (χ0n) is 9.06. The second-order valence-electron chi connectivity index (χ2n) is 3.68. The van der Waals surface area contributed by atoms with E-state index in [9.17, 15) is 8.78 Å². The van der Waals surface area contributed by atoms with Crippen molar-refractivity contribution < 1.29 is 8.78 Å². The Labute approximate surface area is 88.9 Å². The normalized spacial score (nSPS) is 10.7. The zero-order chi connectivity index (χ0) is 11.3. The van der Waals surface area contributed by atoms with Gasteiger partial charge < -0.3 is 10.2 Å². The molecule has 15 heavy (non-hydrogen) atoms. The molecule has 0 bridgehead atoms. The molecule has 1 N–H and O–H groups in total. The van der Waals surface area contributed by atoms with Crippen molar-refractivity contribution in [3.8, 4) is 0 Å². The molecule has 0 fully saturated rings. The van der Waals surface area contributed by atoms with Crippen LogP contribution in [0.3, 0.4) is 0 Å². The van der Waals surface area contributed by atoms with E-state index in [1.54, 1.807) is 0 Å². The Kier molecular flexibility index (Phi) is 4.49. The fraction of sp³-hybridized carbons (Fsp3) is 0.455. The van der Waals surface area contributed by atoms with E-state index in [0.29, 0.717) is 6.54 Å². The fourth-order valence-corrected chi connectivity index (χ4v) is 1.26. The molecule has 1 aromatic rings. The summed E-state index contributed by atoms with van der Waals surface area (Å²) in [6, 6.07) is 4.14. The summed E-state index contributed by atoms with van der Waals surface area (Å²) in [5, 5.41) is 2.87. The van der Waals surface area contributed by atoms with Crippen LogP contribution in [0.1, 0.15) is 6.42 Å². The molecule has 0 unspecified atom stereocenters. The highest BCUT2D eigenvalue weighted by atomic mass is 19.2. The maximum absolute atomic E-state index is 13.1. The predicted molar refractivity (Wildman–Crippen MR) is 58.0 cm³/mol. The van der Waals surface area contributed by atoms with Gasteiger partial charge in [-0.1, -0.05) is 6.07 Å². The molecule has 0 aliphatic heterocycles. The van der Waals surface area contributed by atoms with Crippen molar-refractivity contribution in [1.82, 2.24) is 4.90 Å². The van der Waals surface area contributed by atoms with E-state index < -0.39 is 11.6 Å². The average molecular weight is 214 g/mol. The van der Waals surface area contributed by atoms with Gasteiger partial charge in [0.15, 0.2) is 11.6 Å². The third-order valence-corrected chi connectivity index (χ3v) is 2.05. The molecule has 0 saturated heterocycles. The number of anilines is 1. The smallest absolute Gasteiger partial charge is 0.181 e. The van der Waals surface area contributed by atoms with Gasteiger partial charge in [-0.05, 0) is 39.2 Å². The van der Waals surface area contributed by atoms with Crippen LogP contribution < -0.4 is 5.32 Å². The maximum atomic E-state index is 13.1. The third kappa shape index (κ3) is 3.83. The van der Waals surface area contributed by atoms with Crippen LogP contribution in [0.4, 0.5) is 14.5 Å². The molecule has 0 radical (unpaired) electrons. The van der Waals surface area contributed by atoms with Gasteiger partial charge in [0.1, 0.15) is 0 Å². The van der Waals surface area contributed by atoms with Gasteiger partial charge in [-0.15, -0.1) is 0 Å². The second-order valence-corrected chi connectivity index (χ2v) is 3.68. The first-order valence-corrected chi connectivity index (χ1v) is 4.94. The van der Waals surface area contributed by atoms with Gasteiger partial charge in [-0.3, -0.25) is 0 Å². The topological polar surface area (TPSA) is 15.3 Å². The number of benzene rings is 1. The molecule has 0 amide bonds. The molecule has 4 heteroatoms. The molecule has 0 aliphatic carbocycles. The van der Waals surface area contributed by atoms with Crippen molar-refractivity contribution in [2.45, 2.75) is 6.42 Å². The lowest BCUT2D eigenvalue weighted by Crippen LogP contribution is -2.16. The number of nitrogens with zero attached hydrogens (tertiary/aromatic N) is 1. The van der Waals surface area contributed by atoms with Crippen LogP contribution >= 0.6 is 0 Å². The Morgan fingerprint density at radius 1 is 1.27 bits per heavy atom. The van der Waals surface area contributed by atoms with Crippen LogP contribution in [-0.2, 0) is 0 Å². The molecule has 0 aromatic heterocycles. The predicted octanol–water partition coefficient (Wildman–Crippen LogP) is 2.33. The van der Waals surface area contributed by atoms with E-state index in [0.717, 1.165) is 19.0 Å². The van der Waals surface area contributed by atoms with Gasteiger partial charge in [-0.2, -0.15) is 0 Å². The summed E-state index contributed by atoms with van der Waals surface area (Å²) in [5.41, 5.74) is 0.230. The van der Waals surface area contributed by atoms with Crippen LogP contribution in [0.2, 0.25) is 0 Å². The number of hydrogen-bond donors (Lipinski definition) is 1.